The van der Waals surface area contributed by atoms with Crippen molar-refractivity contribution >= 4 is 21.6 Å². The number of benzene rings is 2. The lowest BCUT2D eigenvalue weighted by Crippen LogP contribution is -2.06. The largest absolute Gasteiger partial charge is 0.287 e. The van der Waals surface area contributed by atoms with Crippen molar-refractivity contribution in [3.63, 3.8) is 0 Å². The summed E-state index contributed by atoms with van der Waals surface area (Å²) >= 11 is 3.20. The number of aliphatic imine (C=N–C) groups is 1. The Hall–Kier alpha value is -1.55. The van der Waals surface area contributed by atoms with E-state index in [0.717, 1.165) is 0 Å². The highest BCUT2D eigenvalue weighted by atomic mass is 79.9. The lowest BCUT2D eigenvalue weighted by Gasteiger charge is -2.08. The molecule has 1 nitrogen and oxygen atoms in total. The van der Waals surface area contributed by atoms with Crippen LogP contribution in [-0.4, -0.2) is 12.8 Å². The molecular weight excluding hydrogens is 300 g/mol. The van der Waals surface area contributed by atoms with Crippen molar-refractivity contribution in [1.82, 2.24) is 0 Å². The molecule has 0 spiro atoms. The van der Waals surface area contributed by atoms with Gasteiger partial charge in [-0.05, 0) is 42.5 Å². The van der Waals surface area contributed by atoms with Crippen molar-refractivity contribution in [2.24, 2.45) is 4.99 Å². The van der Waals surface area contributed by atoms with Gasteiger partial charge >= 0.3 is 0 Å². The van der Waals surface area contributed by atoms with E-state index in [1.165, 1.54) is 18.2 Å². The fraction of sp³-hybridized carbons (Fsp3) is 0.0714. The van der Waals surface area contributed by atoms with Crippen LogP contribution in [0.25, 0.3) is 0 Å². The average Bonchev–Trinajstić information content (AvgIpc) is 2.35. The number of rotatable bonds is 2. The normalized spacial score (nSPS) is 11.7. The van der Waals surface area contributed by atoms with Crippen LogP contribution in [0.15, 0.2) is 51.9 Å². The molecule has 0 aromatic heterocycles. The Labute approximate surface area is 112 Å². The van der Waals surface area contributed by atoms with Gasteiger partial charge in [-0.1, -0.05) is 15.9 Å². The fourth-order valence-corrected chi connectivity index (χ4v) is 2.03. The Bertz CT molecular complexity index is 591. The minimum absolute atomic E-state index is 0.328. The molecule has 0 radical (unpaired) electrons. The Morgan fingerprint density at radius 1 is 1.06 bits per heavy atom. The molecule has 0 saturated carbocycles. The molecule has 2 aromatic carbocycles. The van der Waals surface area contributed by atoms with E-state index in [4.69, 9.17) is 0 Å². The molecule has 0 atom stereocenters. The van der Waals surface area contributed by atoms with Crippen LogP contribution in [0.2, 0.25) is 0 Å². The number of halogens is 3. The summed E-state index contributed by atoms with van der Waals surface area (Å²) in [6.45, 7) is 0. The molecule has 0 amide bonds. The van der Waals surface area contributed by atoms with E-state index in [2.05, 4.69) is 20.9 Å². The summed E-state index contributed by atoms with van der Waals surface area (Å²) in [4.78, 5) is 4.09. The molecule has 0 aliphatic rings. The van der Waals surface area contributed by atoms with Gasteiger partial charge in [-0.3, -0.25) is 4.99 Å². The van der Waals surface area contributed by atoms with Crippen molar-refractivity contribution < 1.29 is 8.78 Å². The summed E-state index contributed by atoms with van der Waals surface area (Å²) in [7, 11) is 1.58. The molecular formula is C14H10BrF2N. The fourth-order valence-electron chi connectivity index (χ4n) is 1.69. The SMILES string of the molecule is CN=C(c1ccc(F)cc1)c1ccc(Br)cc1F. The number of nitrogens with zero attached hydrogens (tertiary/aromatic N) is 1. The van der Waals surface area contributed by atoms with E-state index in [1.807, 2.05) is 0 Å². The van der Waals surface area contributed by atoms with E-state index in [1.54, 1.807) is 31.3 Å². The summed E-state index contributed by atoms with van der Waals surface area (Å²) < 4.78 is 27.4. The van der Waals surface area contributed by atoms with Crippen LogP contribution in [0.5, 0.6) is 0 Å². The minimum Gasteiger partial charge on any atom is -0.287 e. The highest BCUT2D eigenvalue weighted by Gasteiger charge is 2.11. The van der Waals surface area contributed by atoms with Crippen molar-refractivity contribution in [3.05, 3.63) is 69.7 Å². The number of hydrogen-bond donors (Lipinski definition) is 0. The molecule has 0 aliphatic carbocycles. The van der Waals surface area contributed by atoms with Crippen LogP contribution in [-0.2, 0) is 0 Å². The minimum atomic E-state index is -0.366. The molecule has 2 rings (SSSR count). The van der Waals surface area contributed by atoms with Crippen molar-refractivity contribution in [2.75, 3.05) is 7.05 Å². The monoisotopic (exact) mass is 309 g/mol. The van der Waals surface area contributed by atoms with E-state index < -0.39 is 0 Å². The second kappa shape index (κ2) is 5.40. The summed E-state index contributed by atoms with van der Waals surface area (Å²) in [5.74, 6) is -0.695. The second-order valence-corrected chi connectivity index (χ2v) is 4.62. The molecule has 0 unspecified atom stereocenters. The lowest BCUT2D eigenvalue weighted by molar-refractivity contribution is 0.624. The third kappa shape index (κ3) is 2.64. The molecule has 0 N–H and O–H groups in total. The van der Waals surface area contributed by atoms with Crippen LogP contribution < -0.4 is 0 Å². The van der Waals surface area contributed by atoms with E-state index >= 15 is 0 Å². The van der Waals surface area contributed by atoms with Crippen molar-refractivity contribution in [2.45, 2.75) is 0 Å². The smallest absolute Gasteiger partial charge is 0.133 e. The molecule has 0 fully saturated rings. The van der Waals surface area contributed by atoms with Gasteiger partial charge < -0.3 is 0 Å². The standard InChI is InChI=1S/C14H10BrF2N/c1-18-14(9-2-5-11(16)6-3-9)12-7-4-10(15)8-13(12)17/h2-8H,1H3. The third-order valence-corrected chi connectivity index (χ3v) is 3.02. The highest BCUT2D eigenvalue weighted by molar-refractivity contribution is 9.10. The first-order valence-corrected chi connectivity index (χ1v) is 6.09. The summed E-state index contributed by atoms with van der Waals surface area (Å²) in [5, 5.41) is 0. The van der Waals surface area contributed by atoms with Gasteiger partial charge in [-0.2, -0.15) is 0 Å². The summed E-state index contributed by atoms with van der Waals surface area (Å²) in [6.07, 6.45) is 0. The quantitative estimate of drug-likeness (QED) is 0.737. The maximum Gasteiger partial charge on any atom is 0.133 e. The zero-order chi connectivity index (χ0) is 13.1. The maximum atomic E-state index is 13.9. The Morgan fingerprint density at radius 3 is 2.28 bits per heavy atom. The van der Waals surface area contributed by atoms with Crippen LogP contribution in [0.3, 0.4) is 0 Å². The van der Waals surface area contributed by atoms with Gasteiger partial charge in [0.1, 0.15) is 11.6 Å². The topological polar surface area (TPSA) is 12.4 Å². The van der Waals surface area contributed by atoms with Crippen LogP contribution in [0.4, 0.5) is 8.78 Å². The van der Waals surface area contributed by atoms with E-state index in [-0.39, 0.29) is 11.6 Å². The summed E-state index contributed by atoms with van der Waals surface area (Å²) in [5.41, 5.74) is 1.58. The first-order valence-electron chi connectivity index (χ1n) is 5.30. The molecule has 4 heteroatoms. The Balaban J connectivity index is 2.49. The predicted octanol–water partition coefficient (Wildman–Crippen LogP) is 4.19. The third-order valence-electron chi connectivity index (χ3n) is 2.53. The van der Waals surface area contributed by atoms with Crippen LogP contribution in [0, 0.1) is 11.6 Å². The predicted molar refractivity (Wildman–Crippen MR) is 72.1 cm³/mol. The first kappa shape index (κ1) is 12.9. The molecule has 0 bridgehead atoms. The number of hydrogen-bond acceptors (Lipinski definition) is 1. The molecule has 0 heterocycles. The van der Waals surface area contributed by atoms with Crippen molar-refractivity contribution in [1.29, 1.82) is 0 Å². The average molecular weight is 310 g/mol. The van der Waals surface area contributed by atoms with Crippen molar-refractivity contribution in [3.8, 4) is 0 Å². The Kier molecular flexibility index (Phi) is 3.87. The highest BCUT2D eigenvalue weighted by Crippen LogP contribution is 2.19. The summed E-state index contributed by atoms with van der Waals surface area (Å²) in [6, 6.07) is 10.6. The van der Waals surface area contributed by atoms with Gasteiger partial charge in [0.25, 0.3) is 0 Å². The van der Waals surface area contributed by atoms with Crippen LogP contribution >= 0.6 is 15.9 Å². The Morgan fingerprint density at radius 2 is 1.72 bits per heavy atom. The molecule has 2 aromatic rings. The van der Waals surface area contributed by atoms with Gasteiger partial charge in [0.2, 0.25) is 0 Å². The molecule has 0 aliphatic heterocycles. The van der Waals surface area contributed by atoms with E-state index in [9.17, 15) is 8.78 Å². The maximum absolute atomic E-state index is 13.9. The van der Waals surface area contributed by atoms with Gasteiger partial charge in [0.05, 0.1) is 5.71 Å². The molecule has 92 valence electrons. The molecule has 0 saturated heterocycles. The van der Waals surface area contributed by atoms with Gasteiger partial charge in [0.15, 0.2) is 0 Å². The first-order chi connectivity index (χ1) is 8.61. The molecule has 18 heavy (non-hydrogen) atoms. The van der Waals surface area contributed by atoms with Crippen LogP contribution in [0.1, 0.15) is 11.1 Å². The van der Waals surface area contributed by atoms with Gasteiger partial charge in [0, 0.05) is 22.6 Å². The van der Waals surface area contributed by atoms with Gasteiger partial charge in [-0.15, -0.1) is 0 Å². The lowest BCUT2D eigenvalue weighted by atomic mass is 10.0. The van der Waals surface area contributed by atoms with Gasteiger partial charge in [-0.25, -0.2) is 8.78 Å². The zero-order valence-corrected chi connectivity index (χ0v) is 11.2. The second-order valence-electron chi connectivity index (χ2n) is 3.70. The van der Waals surface area contributed by atoms with E-state index in [0.29, 0.717) is 21.3 Å². The zero-order valence-electron chi connectivity index (χ0n) is 9.62.